The molecule has 3 nitrogen and oxygen atoms in total. The van der Waals surface area contributed by atoms with Crippen molar-refractivity contribution >= 4 is 6.41 Å². The SMILES string of the molecule is CC(C)(O)C(C)(C)NC=O. The highest BCUT2D eigenvalue weighted by Gasteiger charge is 2.34. The lowest BCUT2D eigenvalue weighted by Crippen LogP contribution is -2.55. The van der Waals surface area contributed by atoms with Gasteiger partial charge in [0.2, 0.25) is 6.41 Å². The zero-order valence-corrected chi connectivity index (χ0v) is 6.93. The molecule has 0 spiro atoms. The quantitative estimate of drug-likeness (QED) is 0.560. The van der Waals surface area contributed by atoms with Crippen molar-refractivity contribution < 1.29 is 9.90 Å². The van der Waals surface area contributed by atoms with Gasteiger partial charge in [-0.2, -0.15) is 0 Å². The minimum atomic E-state index is -0.895. The largest absolute Gasteiger partial charge is 0.388 e. The van der Waals surface area contributed by atoms with Crippen LogP contribution in [-0.4, -0.2) is 22.7 Å². The van der Waals surface area contributed by atoms with E-state index < -0.39 is 11.1 Å². The molecule has 1 amide bonds. The van der Waals surface area contributed by atoms with Gasteiger partial charge in [0.15, 0.2) is 0 Å². The van der Waals surface area contributed by atoms with Crippen molar-refractivity contribution in [2.24, 2.45) is 0 Å². The van der Waals surface area contributed by atoms with E-state index in [1.807, 2.05) is 0 Å². The van der Waals surface area contributed by atoms with Gasteiger partial charge in [-0.25, -0.2) is 0 Å². The lowest BCUT2D eigenvalue weighted by Gasteiger charge is -2.36. The first-order valence-corrected chi connectivity index (χ1v) is 3.25. The van der Waals surface area contributed by atoms with Gasteiger partial charge in [-0.05, 0) is 27.7 Å². The molecule has 60 valence electrons. The van der Waals surface area contributed by atoms with E-state index in [0.717, 1.165) is 0 Å². The Bertz CT molecular complexity index is 124. The maximum absolute atomic E-state index is 10.0. The number of amides is 1. The van der Waals surface area contributed by atoms with E-state index in [2.05, 4.69) is 5.32 Å². The monoisotopic (exact) mass is 145 g/mol. The molecule has 0 saturated carbocycles. The predicted octanol–water partition coefficient (Wildman–Crippen LogP) is 0.282. The first-order chi connectivity index (χ1) is 4.31. The maximum atomic E-state index is 10.0. The smallest absolute Gasteiger partial charge is 0.207 e. The van der Waals surface area contributed by atoms with E-state index in [1.165, 1.54) is 0 Å². The summed E-state index contributed by atoms with van der Waals surface area (Å²) in [5.41, 5.74) is -1.47. The third-order valence-corrected chi connectivity index (χ3v) is 1.95. The van der Waals surface area contributed by atoms with E-state index in [9.17, 15) is 9.90 Å². The number of rotatable bonds is 3. The Balaban J connectivity index is 4.23. The first kappa shape index (κ1) is 9.43. The Labute approximate surface area is 61.4 Å². The van der Waals surface area contributed by atoms with E-state index >= 15 is 0 Å². The van der Waals surface area contributed by atoms with Crippen LogP contribution in [-0.2, 0) is 4.79 Å². The first-order valence-electron chi connectivity index (χ1n) is 3.25. The van der Waals surface area contributed by atoms with Gasteiger partial charge in [0.25, 0.3) is 0 Å². The molecule has 0 atom stereocenters. The lowest BCUT2D eigenvalue weighted by molar-refractivity contribution is -0.114. The second-order valence-corrected chi connectivity index (χ2v) is 3.45. The third-order valence-electron chi connectivity index (χ3n) is 1.95. The molecule has 10 heavy (non-hydrogen) atoms. The molecule has 3 heteroatoms. The van der Waals surface area contributed by atoms with Crippen LogP contribution in [0.15, 0.2) is 0 Å². The molecule has 0 aliphatic carbocycles. The van der Waals surface area contributed by atoms with Gasteiger partial charge in [-0.3, -0.25) is 4.79 Å². The average molecular weight is 145 g/mol. The zero-order valence-electron chi connectivity index (χ0n) is 6.93. The molecule has 0 aliphatic heterocycles. The Morgan fingerprint density at radius 3 is 1.80 bits per heavy atom. The van der Waals surface area contributed by atoms with Gasteiger partial charge >= 0.3 is 0 Å². The fourth-order valence-corrected chi connectivity index (χ4v) is 0.324. The van der Waals surface area contributed by atoms with Crippen LogP contribution in [0, 0.1) is 0 Å². The Morgan fingerprint density at radius 2 is 1.70 bits per heavy atom. The van der Waals surface area contributed by atoms with E-state index in [-0.39, 0.29) is 0 Å². The number of carbonyl (C=O) groups excluding carboxylic acids is 1. The molecule has 2 N–H and O–H groups in total. The highest BCUT2D eigenvalue weighted by Crippen LogP contribution is 2.19. The fourth-order valence-electron chi connectivity index (χ4n) is 0.324. The minimum absolute atomic E-state index is 0.575. The van der Waals surface area contributed by atoms with Crippen molar-refractivity contribution in [1.29, 1.82) is 0 Å². The summed E-state index contributed by atoms with van der Waals surface area (Å²) in [6, 6.07) is 0. The molecule has 0 aromatic carbocycles. The molecule has 0 aromatic heterocycles. The fraction of sp³-hybridized carbons (Fsp3) is 0.857. The topological polar surface area (TPSA) is 49.3 Å². The van der Waals surface area contributed by atoms with Crippen molar-refractivity contribution in [3.05, 3.63) is 0 Å². The maximum Gasteiger partial charge on any atom is 0.207 e. The molecule has 0 fully saturated rings. The highest BCUT2D eigenvalue weighted by atomic mass is 16.3. The Hall–Kier alpha value is -0.570. The molecule has 0 bridgehead atoms. The molecule has 0 rings (SSSR count). The zero-order chi connectivity index (χ0) is 8.41. The Morgan fingerprint density at radius 1 is 1.30 bits per heavy atom. The van der Waals surface area contributed by atoms with Crippen LogP contribution in [0.3, 0.4) is 0 Å². The summed E-state index contributed by atoms with van der Waals surface area (Å²) in [7, 11) is 0. The van der Waals surface area contributed by atoms with Gasteiger partial charge < -0.3 is 10.4 Å². The summed E-state index contributed by atoms with van der Waals surface area (Å²) in [4.78, 5) is 10.0. The second kappa shape index (κ2) is 2.58. The number of hydrogen-bond donors (Lipinski definition) is 2. The van der Waals surface area contributed by atoms with Crippen LogP contribution >= 0.6 is 0 Å². The van der Waals surface area contributed by atoms with Gasteiger partial charge in [0, 0.05) is 0 Å². The minimum Gasteiger partial charge on any atom is -0.388 e. The summed E-state index contributed by atoms with van der Waals surface area (Å²) in [5.74, 6) is 0. The van der Waals surface area contributed by atoms with E-state index in [0.29, 0.717) is 6.41 Å². The van der Waals surface area contributed by atoms with Gasteiger partial charge in [-0.1, -0.05) is 0 Å². The third kappa shape index (κ3) is 1.99. The molecule has 0 unspecified atom stereocenters. The standard InChI is InChI=1S/C7H15NO2/c1-6(2,8-5-9)7(3,4)10/h5,10H,1-4H3,(H,8,9). The van der Waals surface area contributed by atoms with Crippen LogP contribution in [0.5, 0.6) is 0 Å². The normalized spacial score (nSPS) is 12.9. The van der Waals surface area contributed by atoms with Gasteiger partial charge in [-0.15, -0.1) is 0 Å². The summed E-state index contributed by atoms with van der Waals surface area (Å²) in [6.45, 7) is 6.84. The van der Waals surface area contributed by atoms with E-state index in [4.69, 9.17) is 0 Å². The summed E-state index contributed by atoms with van der Waals surface area (Å²) in [5, 5.41) is 12.0. The van der Waals surface area contributed by atoms with Crippen LogP contribution < -0.4 is 5.32 Å². The predicted molar refractivity (Wildman–Crippen MR) is 39.6 cm³/mol. The number of aliphatic hydroxyl groups is 1. The molecular weight excluding hydrogens is 130 g/mol. The number of nitrogens with one attached hydrogen (secondary N) is 1. The lowest BCUT2D eigenvalue weighted by atomic mass is 9.86. The van der Waals surface area contributed by atoms with Crippen molar-refractivity contribution in [3.8, 4) is 0 Å². The number of hydrogen-bond acceptors (Lipinski definition) is 2. The Kier molecular flexibility index (Phi) is 2.43. The van der Waals surface area contributed by atoms with Crippen molar-refractivity contribution in [1.82, 2.24) is 5.32 Å². The molecule has 0 aromatic rings. The van der Waals surface area contributed by atoms with Crippen LogP contribution in [0.2, 0.25) is 0 Å². The van der Waals surface area contributed by atoms with Crippen LogP contribution in [0.4, 0.5) is 0 Å². The van der Waals surface area contributed by atoms with Crippen LogP contribution in [0.1, 0.15) is 27.7 Å². The number of carbonyl (C=O) groups is 1. The van der Waals surface area contributed by atoms with Crippen molar-refractivity contribution in [3.63, 3.8) is 0 Å². The summed E-state index contributed by atoms with van der Waals surface area (Å²) in [6.07, 6.45) is 0.595. The van der Waals surface area contributed by atoms with E-state index in [1.54, 1.807) is 27.7 Å². The van der Waals surface area contributed by atoms with Crippen molar-refractivity contribution in [2.75, 3.05) is 0 Å². The molecule has 0 radical (unpaired) electrons. The van der Waals surface area contributed by atoms with Crippen molar-refractivity contribution in [2.45, 2.75) is 38.8 Å². The molecule has 0 aliphatic rings. The molecule has 0 saturated heterocycles. The summed E-state index contributed by atoms with van der Waals surface area (Å²) < 4.78 is 0. The molecular formula is C7H15NO2. The average Bonchev–Trinajstić information content (AvgIpc) is 1.61. The van der Waals surface area contributed by atoms with Crippen LogP contribution in [0.25, 0.3) is 0 Å². The highest BCUT2D eigenvalue weighted by molar-refractivity contribution is 5.48. The second-order valence-electron chi connectivity index (χ2n) is 3.45. The van der Waals surface area contributed by atoms with Gasteiger partial charge in [0.05, 0.1) is 11.1 Å². The summed E-state index contributed by atoms with van der Waals surface area (Å²) >= 11 is 0. The molecule has 0 heterocycles. The van der Waals surface area contributed by atoms with Gasteiger partial charge in [0.1, 0.15) is 0 Å².